The summed E-state index contributed by atoms with van der Waals surface area (Å²) in [4.78, 5) is 16.1. The van der Waals surface area contributed by atoms with Crippen LogP contribution in [0.3, 0.4) is 0 Å². The van der Waals surface area contributed by atoms with Crippen molar-refractivity contribution < 1.29 is 9.53 Å². The van der Waals surface area contributed by atoms with Crippen LogP contribution in [0, 0.1) is 6.92 Å². The van der Waals surface area contributed by atoms with Crippen LogP contribution in [-0.4, -0.2) is 37.7 Å². The first-order chi connectivity index (χ1) is 9.19. The van der Waals surface area contributed by atoms with Gasteiger partial charge in [0.2, 0.25) is 0 Å². The van der Waals surface area contributed by atoms with Gasteiger partial charge in [0.05, 0.1) is 17.9 Å². The molecule has 0 saturated carbocycles. The Morgan fingerprint density at radius 1 is 1.42 bits per heavy atom. The van der Waals surface area contributed by atoms with E-state index in [9.17, 15) is 4.79 Å². The number of unbranched alkanes of at least 4 members (excludes halogenated alkanes) is 1. The predicted molar refractivity (Wildman–Crippen MR) is 76.6 cm³/mol. The zero-order chi connectivity index (χ0) is 14.1. The maximum atomic E-state index is 12.0. The highest BCUT2D eigenvalue weighted by atomic mass is 16.5. The van der Waals surface area contributed by atoms with E-state index in [4.69, 9.17) is 4.74 Å². The monoisotopic (exact) mass is 265 g/mol. The number of carbonyl (C=O) groups is 1. The van der Waals surface area contributed by atoms with Crippen molar-refractivity contribution >= 4 is 11.6 Å². The number of nitrogens with zero attached hydrogens (tertiary/aromatic N) is 1. The van der Waals surface area contributed by atoms with Gasteiger partial charge in [-0.1, -0.05) is 13.3 Å². The number of rotatable bonds is 8. The number of hydrogen-bond acceptors (Lipinski definition) is 4. The minimum atomic E-state index is -0.129. The van der Waals surface area contributed by atoms with Gasteiger partial charge in [-0.05, 0) is 19.4 Å². The molecule has 0 aliphatic rings. The third-order valence-electron chi connectivity index (χ3n) is 2.73. The number of nitrogens with one attached hydrogen (secondary N) is 2. The summed E-state index contributed by atoms with van der Waals surface area (Å²) in [6.07, 6.45) is 3.76. The summed E-state index contributed by atoms with van der Waals surface area (Å²) in [5.41, 5.74) is 2.22. The van der Waals surface area contributed by atoms with Crippen molar-refractivity contribution in [2.24, 2.45) is 0 Å². The van der Waals surface area contributed by atoms with Crippen molar-refractivity contribution in [1.82, 2.24) is 10.3 Å². The Kier molecular flexibility index (Phi) is 6.89. The number of amides is 1. The number of aryl methyl sites for hydroxylation is 1. The van der Waals surface area contributed by atoms with Crippen molar-refractivity contribution in [2.75, 3.05) is 32.1 Å². The van der Waals surface area contributed by atoms with Crippen LogP contribution in [0.4, 0.5) is 5.69 Å². The van der Waals surface area contributed by atoms with E-state index in [1.54, 1.807) is 13.2 Å². The highest BCUT2D eigenvalue weighted by Crippen LogP contribution is 2.14. The van der Waals surface area contributed by atoms with Gasteiger partial charge in [0, 0.05) is 32.1 Å². The predicted octanol–water partition coefficient (Wildman–Crippen LogP) is 1.98. The largest absolute Gasteiger partial charge is 0.387 e. The third kappa shape index (κ3) is 5.26. The van der Waals surface area contributed by atoms with E-state index in [1.807, 2.05) is 13.0 Å². The van der Waals surface area contributed by atoms with Gasteiger partial charge in [0.25, 0.3) is 5.91 Å². The average Bonchev–Trinajstić information content (AvgIpc) is 2.42. The molecule has 0 aliphatic heterocycles. The van der Waals surface area contributed by atoms with Crippen LogP contribution in [-0.2, 0) is 4.74 Å². The van der Waals surface area contributed by atoms with Crippen LogP contribution < -0.4 is 10.6 Å². The highest BCUT2D eigenvalue weighted by molar-refractivity contribution is 5.99. The molecular weight excluding hydrogens is 242 g/mol. The molecule has 106 valence electrons. The molecule has 0 atom stereocenters. The Morgan fingerprint density at radius 3 is 2.89 bits per heavy atom. The summed E-state index contributed by atoms with van der Waals surface area (Å²) in [7, 11) is 1.79. The first-order valence-electron chi connectivity index (χ1n) is 6.69. The van der Waals surface area contributed by atoms with Crippen molar-refractivity contribution in [3.05, 3.63) is 23.5 Å². The maximum absolute atomic E-state index is 12.0. The van der Waals surface area contributed by atoms with Crippen LogP contribution in [0.5, 0.6) is 0 Å². The molecule has 19 heavy (non-hydrogen) atoms. The molecule has 5 nitrogen and oxygen atoms in total. The molecule has 1 aromatic heterocycles. The van der Waals surface area contributed by atoms with Gasteiger partial charge in [-0.25, -0.2) is 0 Å². The molecule has 0 unspecified atom stereocenters. The molecule has 0 aromatic carbocycles. The second-order valence-corrected chi connectivity index (χ2v) is 4.34. The third-order valence-corrected chi connectivity index (χ3v) is 2.73. The zero-order valence-electron chi connectivity index (χ0n) is 12.0. The minimum absolute atomic E-state index is 0.129. The Labute approximate surface area is 114 Å². The van der Waals surface area contributed by atoms with Gasteiger partial charge >= 0.3 is 0 Å². The second-order valence-electron chi connectivity index (χ2n) is 4.34. The molecule has 1 amide bonds. The summed E-state index contributed by atoms with van der Waals surface area (Å²) in [5, 5.41) is 5.83. The Bertz CT molecular complexity index is 408. The first kappa shape index (κ1) is 15.4. The van der Waals surface area contributed by atoms with Crippen molar-refractivity contribution in [1.29, 1.82) is 0 Å². The summed E-state index contributed by atoms with van der Waals surface area (Å²) in [6.45, 7) is 5.82. The molecule has 1 aromatic rings. The van der Waals surface area contributed by atoms with Crippen LogP contribution in [0.25, 0.3) is 0 Å². The number of hydrogen-bond donors (Lipinski definition) is 2. The van der Waals surface area contributed by atoms with E-state index in [2.05, 4.69) is 22.5 Å². The van der Waals surface area contributed by atoms with E-state index in [1.165, 1.54) is 0 Å². The fraction of sp³-hybridized carbons (Fsp3) is 0.571. The van der Waals surface area contributed by atoms with Gasteiger partial charge < -0.3 is 15.4 Å². The van der Waals surface area contributed by atoms with E-state index in [0.717, 1.165) is 30.8 Å². The lowest BCUT2D eigenvalue weighted by molar-refractivity contribution is 0.0913. The number of carbonyl (C=O) groups excluding carboxylic acids is 1. The Balaban J connectivity index is 2.41. The zero-order valence-corrected chi connectivity index (χ0v) is 12.0. The van der Waals surface area contributed by atoms with E-state index < -0.39 is 0 Å². The number of ether oxygens (including phenoxy) is 1. The summed E-state index contributed by atoms with van der Waals surface area (Å²) in [6, 6.07) is 1.85. The summed E-state index contributed by atoms with van der Waals surface area (Å²) < 4.78 is 5.39. The normalized spacial score (nSPS) is 10.3. The van der Waals surface area contributed by atoms with Crippen LogP contribution in [0.2, 0.25) is 0 Å². The standard InChI is InChI=1S/C14H23N3O2/c1-4-5-7-19-8-6-16-14(18)12-10-17-11(2)9-13(12)15-3/h9-10H,4-8H2,1-3H3,(H,15,17)(H,16,18). The molecule has 0 aliphatic carbocycles. The van der Waals surface area contributed by atoms with Crippen molar-refractivity contribution in [2.45, 2.75) is 26.7 Å². The van der Waals surface area contributed by atoms with Crippen LogP contribution in [0.1, 0.15) is 35.8 Å². The van der Waals surface area contributed by atoms with Crippen LogP contribution in [0.15, 0.2) is 12.3 Å². The molecular formula is C14H23N3O2. The molecule has 1 rings (SSSR count). The van der Waals surface area contributed by atoms with E-state index in [0.29, 0.717) is 18.7 Å². The SMILES string of the molecule is CCCCOCCNC(=O)c1cnc(C)cc1NC. The lowest BCUT2D eigenvalue weighted by atomic mass is 10.2. The van der Waals surface area contributed by atoms with E-state index >= 15 is 0 Å². The highest BCUT2D eigenvalue weighted by Gasteiger charge is 2.10. The number of anilines is 1. The quantitative estimate of drug-likeness (QED) is 0.705. The van der Waals surface area contributed by atoms with E-state index in [-0.39, 0.29) is 5.91 Å². The van der Waals surface area contributed by atoms with Crippen molar-refractivity contribution in [3.63, 3.8) is 0 Å². The van der Waals surface area contributed by atoms with Gasteiger partial charge in [-0.3, -0.25) is 9.78 Å². The Hall–Kier alpha value is -1.62. The minimum Gasteiger partial charge on any atom is -0.387 e. The summed E-state index contributed by atoms with van der Waals surface area (Å²) in [5.74, 6) is -0.129. The smallest absolute Gasteiger partial charge is 0.255 e. The molecule has 0 spiro atoms. The topological polar surface area (TPSA) is 63.2 Å². The lowest BCUT2D eigenvalue weighted by Gasteiger charge is -2.10. The molecule has 0 fully saturated rings. The second kappa shape index (κ2) is 8.48. The van der Waals surface area contributed by atoms with Gasteiger partial charge in [0.15, 0.2) is 0 Å². The summed E-state index contributed by atoms with van der Waals surface area (Å²) >= 11 is 0. The molecule has 2 N–H and O–H groups in total. The van der Waals surface area contributed by atoms with Gasteiger partial charge in [-0.2, -0.15) is 0 Å². The van der Waals surface area contributed by atoms with Gasteiger partial charge in [0.1, 0.15) is 0 Å². The molecule has 1 heterocycles. The fourth-order valence-electron chi connectivity index (χ4n) is 1.63. The molecule has 0 radical (unpaired) electrons. The van der Waals surface area contributed by atoms with Crippen LogP contribution >= 0.6 is 0 Å². The first-order valence-corrected chi connectivity index (χ1v) is 6.69. The number of pyridine rings is 1. The Morgan fingerprint density at radius 2 is 2.21 bits per heavy atom. The van der Waals surface area contributed by atoms with Gasteiger partial charge in [-0.15, -0.1) is 0 Å². The number of aromatic nitrogens is 1. The fourth-order valence-corrected chi connectivity index (χ4v) is 1.63. The molecule has 0 saturated heterocycles. The molecule has 5 heteroatoms. The lowest BCUT2D eigenvalue weighted by Crippen LogP contribution is -2.28. The molecule has 0 bridgehead atoms. The maximum Gasteiger partial charge on any atom is 0.255 e. The van der Waals surface area contributed by atoms with Crippen molar-refractivity contribution in [3.8, 4) is 0 Å². The average molecular weight is 265 g/mol.